The predicted molar refractivity (Wildman–Crippen MR) is 68.7 cm³/mol. The molecular formula is C14H15NO. The van der Waals surface area contributed by atoms with E-state index in [1.54, 1.807) is 12.3 Å². The van der Waals surface area contributed by atoms with Gasteiger partial charge in [-0.3, -0.25) is 9.79 Å². The zero-order chi connectivity index (χ0) is 11.8. The Kier molecular flexibility index (Phi) is 4.93. The Morgan fingerprint density at radius 2 is 2.06 bits per heavy atom. The molecule has 0 aliphatic heterocycles. The van der Waals surface area contributed by atoms with Crippen LogP contribution < -0.4 is 0 Å². The van der Waals surface area contributed by atoms with Crippen molar-refractivity contribution >= 4 is 17.6 Å². The van der Waals surface area contributed by atoms with Crippen molar-refractivity contribution in [2.24, 2.45) is 4.99 Å². The second-order valence-corrected chi connectivity index (χ2v) is 3.40. The summed E-state index contributed by atoms with van der Waals surface area (Å²) >= 11 is 0. The van der Waals surface area contributed by atoms with Crippen molar-refractivity contribution in [2.45, 2.75) is 6.92 Å². The molecule has 0 aromatic heterocycles. The summed E-state index contributed by atoms with van der Waals surface area (Å²) in [5, 5.41) is 0. The first-order chi connectivity index (χ1) is 7.74. The number of hydrogen-bond acceptors (Lipinski definition) is 2. The van der Waals surface area contributed by atoms with Crippen LogP contribution in [0.4, 0.5) is 0 Å². The number of aliphatic imine (C=N–C) groups is 1. The molecule has 2 heteroatoms. The molecule has 1 aromatic rings. The Morgan fingerprint density at radius 3 is 2.62 bits per heavy atom. The minimum atomic E-state index is 0.0577. The van der Waals surface area contributed by atoms with Crippen LogP contribution in [0.5, 0.6) is 0 Å². The first kappa shape index (κ1) is 12.1. The van der Waals surface area contributed by atoms with Crippen molar-refractivity contribution in [1.82, 2.24) is 0 Å². The number of benzene rings is 1. The van der Waals surface area contributed by atoms with Crippen LogP contribution in [0.3, 0.4) is 0 Å². The van der Waals surface area contributed by atoms with E-state index in [-0.39, 0.29) is 12.3 Å². The van der Waals surface area contributed by atoms with Gasteiger partial charge in [0.05, 0.1) is 6.54 Å². The van der Waals surface area contributed by atoms with Crippen LogP contribution in [0.15, 0.2) is 54.1 Å². The van der Waals surface area contributed by atoms with Gasteiger partial charge in [0.15, 0.2) is 5.78 Å². The number of ketones is 1. The fraction of sp³-hybridized carbons (Fsp3) is 0.143. The molecule has 0 fully saturated rings. The molecule has 0 aliphatic rings. The van der Waals surface area contributed by atoms with Gasteiger partial charge >= 0.3 is 0 Å². The normalized spacial score (nSPS) is 11.7. The van der Waals surface area contributed by atoms with Crippen LogP contribution in [0.25, 0.3) is 5.57 Å². The lowest BCUT2D eigenvalue weighted by Crippen LogP contribution is -1.95. The zero-order valence-corrected chi connectivity index (χ0v) is 9.39. The third-order valence-electron chi connectivity index (χ3n) is 1.95. The van der Waals surface area contributed by atoms with Crippen molar-refractivity contribution in [3.05, 3.63) is 54.6 Å². The van der Waals surface area contributed by atoms with Crippen LogP contribution in [-0.2, 0) is 4.79 Å². The van der Waals surface area contributed by atoms with E-state index in [0.717, 1.165) is 11.1 Å². The Morgan fingerprint density at radius 1 is 1.38 bits per heavy atom. The van der Waals surface area contributed by atoms with E-state index in [4.69, 9.17) is 0 Å². The van der Waals surface area contributed by atoms with Crippen LogP contribution in [0.2, 0.25) is 0 Å². The van der Waals surface area contributed by atoms with Gasteiger partial charge in [-0.25, -0.2) is 0 Å². The molecule has 82 valence electrons. The lowest BCUT2D eigenvalue weighted by atomic mass is 10.1. The van der Waals surface area contributed by atoms with Gasteiger partial charge in [0, 0.05) is 6.21 Å². The second-order valence-electron chi connectivity index (χ2n) is 3.40. The van der Waals surface area contributed by atoms with Crippen LogP contribution in [0.1, 0.15) is 12.5 Å². The molecule has 1 rings (SSSR count). The molecule has 0 spiro atoms. The quantitative estimate of drug-likeness (QED) is 0.546. The van der Waals surface area contributed by atoms with E-state index in [2.05, 4.69) is 11.6 Å². The highest BCUT2D eigenvalue weighted by atomic mass is 16.1. The average molecular weight is 213 g/mol. The monoisotopic (exact) mass is 213 g/mol. The third-order valence-corrected chi connectivity index (χ3v) is 1.95. The van der Waals surface area contributed by atoms with Crippen LogP contribution >= 0.6 is 0 Å². The number of Topliss-reactive ketones (excluding diaryl/α,β-unsaturated/α-hetero) is 1. The Hall–Kier alpha value is -1.96. The molecule has 0 saturated carbocycles. The Bertz CT molecular complexity index is 416. The number of carbonyl (C=O) groups excluding carboxylic acids is 1. The van der Waals surface area contributed by atoms with E-state index in [1.165, 1.54) is 6.92 Å². The summed E-state index contributed by atoms with van der Waals surface area (Å²) in [7, 11) is 0. The van der Waals surface area contributed by atoms with Crippen molar-refractivity contribution in [1.29, 1.82) is 0 Å². The van der Waals surface area contributed by atoms with Gasteiger partial charge in [-0.15, -0.1) is 0 Å². The SMILES string of the molecule is C=C/C=C(\C=NCC(C)=O)c1ccccc1. The molecule has 0 bridgehead atoms. The summed E-state index contributed by atoms with van der Waals surface area (Å²) in [5.74, 6) is 0.0577. The van der Waals surface area contributed by atoms with Gasteiger partial charge in [-0.1, -0.05) is 49.1 Å². The van der Waals surface area contributed by atoms with Gasteiger partial charge < -0.3 is 0 Å². The second kappa shape index (κ2) is 6.51. The number of hydrogen-bond donors (Lipinski definition) is 0. The summed E-state index contributed by atoms with van der Waals surface area (Å²) in [5.41, 5.74) is 2.02. The standard InChI is InChI=1S/C14H15NO/c1-3-7-14(11-15-10-12(2)16)13-8-5-4-6-9-13/h3-9,11H,1,10H2,2H3/b14-7+,15-11?. The summed E-state index contributed by atoms with van der Waals surface area (Å²) in [4.78, 5) is 14.8. The van der Waals surface area contributed by atoms with E-state index in [1.807, 2.05) is 36.4 Å². The fourth-order valence-electron chi connectivity index (χ4n) is 1.24. The van der Waals surface area contributed by atoms with E-state index in [9.17, 15) is 4.79 Å². The third kappa shape index (κ3) is 4.05. The Balaban J connectivity index is 2.85. The highest BCUT2D eigenvalue weighted by Crippen LogP contribution is 2.11. The van der Waals surface area contributed by atoms with Crippen molar-refractivity contribution in [3.63, 3.8) is 0 Å². The molecular weight excluding hydrogens is 198 g/mol. The first-order valence-corrected chi connectivity index (χ1v) is 5.11. The highest BCUT2D eigenvalue weighted by molar-refractivity contribution is 6.10. The topological polar surface area (TPSA) is 29.4 Å². The molecule has 0 heterocycles. The van der Waals surface area contributed by atoms with E-state index < -0.39 is 0 Å². The summed E-state index contributed by atoms with van der Waals surface area (Å²) in [6.45, 7) is 5.41. The van der Waals surface area contributed by atoms with Gasteiger partial charge in [-0.05, 0) is 18.1 Å². The predicted octanol–water partition coefficient (Wildman–Crippen LogP) is 2.92. The maximum absolute atomic E-state index is 10.8. The maximum atomic E-state index is 10.8. The number of allylic oxidation sites excluding steroid dienone is 3. The van der Waals surface area contributed by atoms with E-state index >= 15 is 0 Å². The number of nitrogens with zero attached hydrogens (tertiary/aromatic N) is 1. The molecule has 0 N–H and O–H groups in total. The highest BCUT2D eigenvalue weighted by Gasteiger charge is 1.96. The van der Waals surface area contributed by atoms with Gasteiger partial charge in [0.1, 0.15) is 0 Å². The summed E-state index contributed by atoms with van der Waals surface area (Å²) in [6, 6.07) is 9.88. The summed E-state index contributed by atoms with van der Waals surface area (Å²) < 4.78 is 0. The smallest absolute Gasteiger partial charge is 0.151 e. The maximum Gasteiger partial charge on any atom is 0.151 e. The van der Waals surface area contributed by atoms with Crippen molar-refractivity contribution in [2.75, 3.05) is 6.54 Å². The molecule has 1 aromatic carbocycles. The van der Waals surface area contributed by atoms with Crippen molar-refractivity contribution in [3.8, 4) is 0 Å². The molecule has 0 amide bonds. The Labute approximate surface area is 96.0 Å². The molecule has 2 nitrogen and oxygen atoms in total. The van der Waals surface area contributed by atoms with Crippen molar-refractivity contribution < 1.29 is 4.79 Å². The van der Waals surface area contributed by atoms with Gasteiger partial charge in [-0.2, -0.15) is 0 Å². The minimum Gasteiger partial charge on any atom is -0.298 e. The molecule has 0 saturated heterocycles. The van der Waals surface area contributed by atoms with E-state index in [0.29, 0.717) is 0 Å². The molecule has 0 unspecified atom stereocenters. The lowest BCUT2D eigenvalue weighted by Gasteiger charge is -2.00. The number of rotatable bonds is 5. The molecule has 0 radical (unpaired) electrons. The van der Waals surface area contributed by atoms with Gasteiger partial charge in [0.25, 0.3) is 0 Å². The van der Waals surface area contributed by atoms with Crippen LogP contribution in [0, 0.1) is 0 Å². The molecule has 0 atom stereocenters. The average Bonchev–Trinajstić information content (AvgIpc) is 2.29. The zero-order valence-electron chi connectivity index (χ0n) is 9.39. The first-order valence-electron chi connectivity index (χ1n) is 5.11. The molecule has 0 aliphatic carbocycles. The van der Waals surface area contributed by atoms with Crippen LogP contribution in [-0.4, -0.2) is 18.5 Å². The minimum absolute atomic E-state index is 0.0577. The number of carbonyl (C=O) groups is 1. The lowest BCUT2D eigenvalue weighted by molar-refractivity contribution is -0.115. The molecule has 16 heavy (non-hydrogen) atoms. The summed E-state index contributed by atoms with van der Waals surface area (Å²) in [6.07, 6.45) is 5.29. The van der Waals surface area contributed by atoms with Gasteiger partial charge in [0.2, 0.25) is 0 Å². The largest absolute Gasteiger partial charge is 0.298 e. The fourth-order valence-corrected chi connectivity index (χ4v) is 1.24.